The minimum atomic E-state index is -5.70. The highest BCUT2D eigenvalue weighted by molar-refractivity contribution is 7.66. The quantitative estimate of drug-likeness (QED) is 0.212. The summed E-state index contributed by atoms with van der Waals surface area (Å²) < 4.78 is 52.3. The number of anilines is 1. The van der Waals surface area contributed by atoms with Gasteiger partial charge in [-0.1, -0.05) is 0 Å². The Hall–Kier alpha value is -1.29. The van der Waals surface area contributed by atoms with Crippen LogP contribution in [0.4, 0.5) is 5.82 Å². The van der Waals surface area contributed by atoms with Gasteiger partial charge in [-0.15, -0.1) is 0 Å². The number of rotatable bonds is 8. The predicted octanol–water partition coefficient (Wildman–Crippen LogP) is -0.716. The van der Waals surface area contributed by atoms with Gasteiger partial charge in [-0.3, -0.25) is 4.52 Å². The molecule has 8 N–H and O–H groups in total. The summed E-state index contributed by atoms with van der Waals surface area (Å²) in [4.78, 5) is 43.6. The Morgan fingerprint density at radius 3 is 2.38 bits per heavy atom. The normalized spacial score (nSPS) is 28.0. The number of nitrogens with zero attached hydrogens (tertiary/aromatic N) is 3. The fourth-order valence-corrected chi connectivity index (χ4v) is 6.09. The fourth-order valence-electron chi connectivity index (χ4n) is 3.06. The number of nitrogens with two attached hydrogens (primary N) is 1. The van der Waals surface area contributed by atoms with Crippen molar-refractivity contribution in [1.82, 2.24) is 14.5 Å². The number of hydrogen-bond donors (Lipinski definition) is 7. The molecule has 180 valence electrons. The molecule has 3 heterocycles. The lowest BCUT2D eigenvalue weighted by molar-refractivity contribution is -0.0501. The molecule has 1 aliphatic rings. The van der Waals surface area contributed by atoms with E-state index in [2.05, 4.69) is 23.1 Å². The van der Waals surface area contributed by atoms with Crippen molar-refractivity contribution in [2.75, 3.05) is 12.3 Å². The van der Waals surface area contributed by atoms with E-state index in [1.807, 2.05) is 0 Å². The predicted molar refractivity (Wildman–Crippen MR) is 102 cm³/mol. The molecule has 0 aliphatic carbocycles. The van der Waals surface area contributed by atoms with Gasteiger partial charge in [0.05, 0.1) is 12.0 Å². The third kappa shape index (κ3) is 5.61. The van der Waals surface area contributed by atoms with Gasteiger partial charge in [0.25, 0.3) is 0 Å². The van der Waals surface area contributed by atoms with Crippen molar-refractivity contribution in [3.05, 3.63) is 18.1 Å². The molecule has 2 aromatic rings. The molecule has 6 unspecified atom stereocenters. The third-order valence-electron chi connectivity index (χ3n) is 4.26. The highest BCUT2D eigenvalue weighted by atomic mass is 31.3. The summed E-state index contributed by atoms with van der Waals surface area (Å²) >= 11 is 0. The molecule has 0 saturated carbocycles. The molecule has 3 rings (SSSR count). The average molecular weight is 520 g/mol. The minimum Gasteiger partial charge on any atom is -0.387 e. The molecule has 0 aromatic carbocycles. The van der Waals surface area contributed by atoms with Crippen LogP contribution in [0.25, 0.3) is 11.0 Å². The van der Waals surface area contributed by atoms with E-state index < -0.39 is 54.6 Å². The van der Waals surface area contributed by atoms with Gasteiger partial charge in [-0.2, -0.15) is 8.62 Å². The third-order valence-corrected chi connectivity index (χ3v) is 8.06. The number of aliphatic hydroxyl groups excluding tert-OH is 2. The molecule has 1 fully saturated rings. The van der Waals surface area contributed by atoms with Crippen molar-refractivity contribution in [3.63, 3.8) is 0 Å². The van der Waals surface area contributed by atoms with Crippen LogP contribution in [0.15, 0.2) is 12.5 Å². The summed E-state index contributed by atoms with van der Waals surface area (Å²) in [5, 5.41) is 21.1. The Bertz CT molecular complexity index is 1150. The maximum absolute atomic E-state index is 11.8. The van der Waals surface area contributed by atoms with Crippen LogP contribution in [0, 0.1) is 6.92 Å². The van der Waals surface area contributed by atoms with E-state index in [0.29, 0.717) is 10.9 Å². The van der Waals surface area contributed by atoms with Gasteiger partial charge < -0.3 is 44.8 Å². The minimum absolute atomic E-state index is 0.170. The number of phosphoric acid groups is 3. The lowest BCUT2D eigenvalue weighted by Gasteiger charge is -2.19. The van der Waals surface area contributed by atoms with E-state index in [9.17, 15) is 28.8 Å². The van der Waals surface area contributed by atoms with Crippen molar-refractivity contribution in [2.24, 2.45) is 0 Å². The van der Waals surface area contributed by atoms with Gasteiger partial charge in [0.2, 0.25) is 0 Å². The number of nitrogen functional groups attached to an aromatic ring is 1. The van der Waals surface area contributed by atoms with Crippen LogP contribution < -0.4 is 5.73 Å². The summed E-state index contributed by atoms with van der Waals surface area (Å²) in [6.07, 6.45) is -3.17. The number of fused-ring (bicyclic) bond motifs is 1. The van der Waals surface area contributed by atoms with Gasteiger partial charge in [0, 0.05) is 6.20 Å². The first kappa shape index (κ1) is 25.3. The van der Waals surface area contributed by atoms with E-state index in [-0.39, 0.29) is 11.5 Å². The SMILES string of the molecule is Cc1cn(C2OC(COP(=O)(O)OP(=O)(O)OP(=O)(O)O)C(O)C2O)c2ncnc(N)c12. The van der Waals surface area contributed by atoms with E-state index in [4.69, 9.17) is 25.2 Å². The average Bonchev–Trinajstić information content (AvgIpc) is 3.09. The molecule has 0 radical (unpaired) electrons. The molecule has 0 spiro atoms. The molecule has 1 saturated heterocycles. The molecule has 0 bridgehead atoms. The second-order valence-electron chi connectivity index (χ2n) is 6.61. The van der Waals surface area contributed by atoms with Gasteiger partial charge in [0.15, 0.2) is 6.23 Å². The van der Waals surface area contributed by atoms with Crippen molar-refractivity contribution < 1.29 is 61.4 Å². The first-order chi connectivity index (χ1) is 14.6. The number of aliphatic hydroxyl groups is 2. The standard InChI is InChI=1S/C12H19N4O13P3/c1-5-2-16(11-7(5)10(13)14-4-15-11)12-9(18)8(17)6(27-12)3-26-31(22,23)29-32(24,25)28-30(19,20)21/h2,4,6,8-9,12,17-18H,3H2,1H3,(H,22,23)(H,24,25)(H2,13,14,15)(H2,19,20,21). The van der Waals surface area contributed by atoms with E-state index in [1.54, 1.807) is 6.92 Å². The van der Waals surface area contributed by atoms with E-state index >= 15 is 0 Å². The first-order valence-electron chi connectivity index (χ1n) is 8.48. The summed E-state index contributed by atoms with van der Waals surface area (Å²) in [5.74, 6) is 0.170. The monoisotopic (exact) mass is 520 g/mol. The Kier molecular flexibility index (Phi) is 6.98. The molecule has 20 heteroatoms. The molecule has 17 nitrogen and oxygen atoms in total. The Morgan fingerprint density at radius 2 is 1.75 bits per heavy atom. The molecule has 0 amide bonds. The topological polar surface area (TPSA) is 266 Å². The Morgan fingerprint density at radius 1 is 1.09 bits per heavy atom. The highest BCUT2D eigenvalue weighted by Crippen LogP contribution is 2.66. The first-order valence-corrected chi connectivity index (χ1v) is 13.0. The summed E-state index contributed by atoms with van der Waals surface area (Å²) in [7, 11) is -16.7. The zero-order valence-corrected chi connectivity index (χ0v) is 18.7. The van der Waals surface area contributed by atoms with Gasteiger partial charge in [-0.05, 0) is 12.5 Å². The second kappa shape index (κ2) is 8.81. The number of aryl methyl sites for hydroxylation is 1. The molecule has 6 atom stereocenters. The highest BCUT2D eigenvalue weighted by Gasteiger charge is 2.47. The van der Waals surface area contributed by atoms with Crippen LogP contribution in [0.1, 0.15) is 11.8 Å². The zero-order valence-electron chi connectivity index (χ0n) is 16.0. The van der Waals surface area contributed by atoms with Gasteiger partial charge in [-0.25, -0.2) is 23.7 Å². The van der Waals surface area contributed by atoms with Gasteiger partial charge in [0.1, 0.15) is 36.1 Å². The number of phosphoric ester groups is 1. The van der Waals surface area contributed by atoms with Crippen molar-refractivity contribution in [1.29, 1.82) is 0 Å². The van der Waals surface area contributed by atoms with Crippen LogP contribution in [-0.2, 0) is 31.6 Å². The number of hydrogen-bond acceptors (Lipinski definition) is 12. The Labute approximate surface area is 178 Å². The van der Waals surface area contributed by atoms with Gasteiger partial charge >= 0.3 is 23.5 Å². The van der Waals surface area contributed by atoms with Crippen LogP contribution in [0.2, 0.25) is 0 Å². The van der Waals surface area contributed by atoms with Crippen LogP contribution in [0.5, 0.6) is 0 Å². The smallest absolute Gasteiger partial charge is 0.387 e. The van der Waals surface area contributed by atoms with Crippen molar-refractivity contribution in [2.45, 2.75) is 31.5 Å². The fraction of sp³-hybridized carbons (Fsp3) is 0.500. The van der Waals surface area contributed by atoms with Crippen molar-refractivity contribution in [3.8, 4) is 0 Å². The van der Waals surface area contributed by atoms with Crippen LogP contribution >= 0.6 is 23.5 Å². The molecule has 32 heavy (non-hydrogen) atoms. The summed E-state index contributed by atoms with van der Waals surface area (Å²) in [6, 6.07) is 0. The maximum Gasteiger partial charge on any atom is 0.490 e. The van der Waals surface area contributed by atoms with E-state index in [1.165, 1.54) is 17.1 Å². The van der Waals surface area contributed by atoms with Crippen molar-refractivity contribution >= 4 is 40.3 Å². The molecule has 1 aliphatic heterocycles. The van der Waals surface area contributed by atoms with Crippen LogP contribution in [-0.4, -0.2) is 69.2 Å². The summed E-state index contributed by atoms with van der Waals surface area (Å²) in [6.45, 7) is 0.761. The van der Waals surface area contributed by atoms with Crippen LogP contribution in [0.3, 0.4) is 0 Å². The largest absolute Gasteiger partial charge is 0.490 e. The lowest BCUT2D eigenvalue weighted by Crippen LogP contribution is -2.33. The number of aromatic nitrogens is 3. The molecule has 2 aromatic heterocycles. The molecular formula is C12H19N4O13P3. The van der Waals surface area contributed by atoms with E-state index in [0.717, 1.165) is 0 Å². The second-order valence-corrected chi connectivity index (χ2v) is 11.0. The number of ether oxygens (including phenoxy) is 1. The lowest BCUT2D eigenvalue weighted by atomic mass is 10.1. The summed E-state index contributed by atoms with van der Waals surface area (Å²) in [5.41, 5.74) is 6.75. The molecular weight excluding hydrogens is 501 g/mol. The zero-order chi connectivity index (χ0) is 24.1. The Balaban J connectivity index is 1.73. The maximum atomic E-state index is 11.8.